The number of nitrogens with one attached hydrogen (secondary N) is 1. The summed E-state index contributed by atoms with van der Waals surface area (Å²) in [5, 5.41) is 2.96. The van der Waals surface area contributed by atoms with Gasteiger partial charge < -0.3 is 10.1 Å². The van der Waals surface area contributed by atoms with Gasteiger partial charge in [-0.1, -0.05) is 48.0 Å². The summed E-state index contributed by atoms with van der Waals surface area (Å²) in [7, 11) is 0. The van der Waals surface area contributed by atoms with Gasteiger partial charge in [-0.2, -0.15) is 0 Å². The third-order valence-corrected chi connectivity index (χ3v) is 4.76. The molecule has 0 saturated carbocycles. The number of carbonyl (C=O) groups excluding carboxylic acids is 2. The van der Waals surface area contributed by atoms with E-state index in [0.29, 0.717) is 16.9 Å². The van der Waals surface area contributed by atoms with Gasteiger partial charge in [0.15, 0.2) is 11.9 Å². The van der Waals surface area contributed by atoms with Crippen molar-refractivity contribution in [3.63, 3.8) is 0 Å². The molecule has 148 valence electrons. The maximum absolute atomic E-state index is 12.6. The number of ketones is 1. The van der Waals surface area contributed by atoms with Gasteiger partial charge in [0, 0.05) is 16.8 Å². The second-order valence-corrected chi connectivity index (χ2v) is 7.24. The lowest BCUT2D eigenvalue weighted by atomic mass is 10.0. The summed E-state index contributed by atoms with van der Waals surface area (Å²) in [5.74, 6) is 0.271. The van der Waals surface area contributed by atoms with E-state index in [9.17, 15) is 9.59 Å². The van der Waals surface area contributed by atoms with Crippen molar-refractivity contribution in [2.45, 2.75) is 33.8 Å². The first-order valence-corrected chi connectivity index (χ1v) is 9.60. The lowest BCUT2D eigenvalue weighted by molar-refractivity contribution is -0.122. The lowest BCUT2D eigenvalue weighted by Gasteiger charge is -2.17. The van der Waals surface area contributed by atoms with Crippen LogP contribution < -0.4 is 10.1 Å². The van der Waals surface area contributed by atoms with E-state index in [2.05, 4.69) is 5.32 Å². The average Bonchev–Trinajstić information content (AvgIpc) is 2.71. The molecule has 0 aliphatic heterocycles. The van der Waals surface area contributed by atoms with Gasteiger partial charge in [-0.15, -0.1) is 0 Å². The Hall–Kier alpha value is -3.40. The molecule has 0 aromatic heterocycles. The number of hydrogen-bond acceptors (Lipinski definition) is 3. The van der Waals surface area contributed by atoms with Crippen molar-refractivity contribution in [3.05, 3.63) is 94.5 Å². The highest BCUT2D eigenvalue weighted by Crippen LogP contribution is 2.23. The maximum atomic E-state index is 12.6. The Balaban J connectivity index is 1.65. The SMILES string of the molecule is Cc1cc(C)c(NC(=O)[C@@H](C)Oc2ccc(C(=O)c3ccccc3)cc2)c(C)c1. The second kappa shape index (κ2) is 8.74. The number of carbonyl (C=O) groups is 2. The van der Waals surface area contributed by atoms with Crippen molar-refractivity contribution in [1.29, 1.82) is 0 Å². The molecule has 1 N–H and O–H groups in total. The van der Waals surface area contributed by atoms with Crippen molar-refractivity contribution in [1.82, 2.24) is 0 Å². The first-order valence-electron chi connectivity index (χ1n) is 9.60. The predicted octanol–water partition coefficient (Wildman–Crippen LogP) is 5.25. The van der Waals surface area contributed by atoms with Crippen molar-refractivity contribution >= 4 is 17.4 Å². The highest BCUT2D eigenvalue weighted by Gasteiger charge is 2.17. The summed E-state index contributed by atoms with van der Waals surface area (Å²) < 4.78 is 5.77. The van der Waals surface area contributed by atoms with E-state index in [1.807, 2.05) is 51.1 Å². The number of amides is 1. The van der Waals surface area contributed by atoms with Gasteiger partial charge in [0.05, 0.1) is 0 Å². The van der Waals surface area contributed by atoms with E-state index in [-0.39, 0.29) is 11.7 Å². The van der Waals surface area contributed by atoms with Crippen LogP contribution in [0.2, 0.25) is 0 Å². The number of anilines is 1. The molecule has 4 nitrogen and oxygen atoms in total. The van der Waals surface area contributed by atoms with E-state index < -0.39 is 6.10 Å². The normalized spacial score (nSPS) is 11.6. The topological polar surface area (TPSA) is 55.4 Å². The minimum absolute atomic E-state index is 0.0479. The van der Waals surface area contributed by atoms with Gasteiger partial charge in [0.25, 0.3) is 5.91 Å². The molecule has 1 amide bonds. The minimum Gasteiger partial charge on any atom is -0.481 e. The molecular formula is C25H25NO3. The monoisotopic (exact) mass is 387 g/mol. The van der Waals surface area contributed by atoms with Crippen LogP contribution >= 0.6 is 0 Å². The highest BCUT2D eigenvalue weighted by atomic mass is 16.5. The Bertz CT molecular complexity index is 1000. The Morgan fingerprint density at radius 3 is 1.97 bits per heavy atom. The standard InChI is InChI=1S/C25H25NO3/c1-16-14-17(2)23(18(3)15-16)26-25(28)19(4)29-22-12-10-21(11-13-22)24(27)20-8-6-5-7-9-20/h5-15,19H,1-4H3,(H,26,28)/t19-/m1/s1. The van der Waals surface area contributed by atoms with Crippen molar-refractivity contribution < 1.29 is 14.3 Å². The smallest absolute Gasteiger partial charge is 0.265 e. The third kappa shape index (κ3) is 4.91. The molecule has 3 rings (SSSR count). The van der Waals surface area contributed by atoms with Crippen LogP contribution in [-0.4, -0.2) is 17.8 Å². The van der Waals surface area contributed by atoms with Crippen LogP contribution in [0.1, 0.15) is 39.5 Å². The summed E-state index contributed by atoms with van der Waals surface area (Å²) >= 11 is 0. The summed E-state index contributed by atoms with van der Waals surface area (Å²) in [4.78, 5) is 25.1. The summed E-state index contributed by atoms with van der Waals surface area (Å²) in [6.07, 6.45) is -0.675. The van der Waals surface area contributed by atoms with Crippen LogP contribution in [0.4, 0.5) is 5.69 Å². The molecule has 1 atom stereocenters. The summed E-state index contributed by atoms with van der Waals surface area (Å²) in [6, 6.07) is 20.0. The predicted molar refractivity (Wildman–Crippen MR) is 116 cm³/mol. The number of ether oxygens (including phenoxy) is 1. The molecule has 0 radical (unpaired) electrons. The highest BCUT2D eigenvalue weighted by molar-refractivity contribution is 6.09. The fourth-order valence-corrected chi connectivity index (χ4v) is 3.30. The van der Waals surface area contributed by atoms with Crippen LogP contribution in [0.15, 0.2) is 66.7 Å². The number of aryl methyl sites for hydroxylation is 3. The number of benzene rings is 3. The van der Waals surface area contributed by atoms with Gasteiger partial charge in [-0.25, -0.2) is 0 Å². The molecule has 0 aliphatic rings. The maximum Gasteiger partial charge on any atom is 0.265 e. The Morgan fingerprint density at radius 2 is 1.38 bits per heavy atom. The van der Waals surface area contributed by atoms with Gasteiger partial charge in [-0.3, -0.25) is 9.59 Å². The van der Waals surface area contributed by atoms with Gasteiger partial charge in [-0.05, 0) is 63.1 Å². The van der Waals surface area contributed by atoms with Gasteiger partial charge in [0.1, 0.15) is 5.75 Å². The molecule has 29 heavy (non-hydrogen) atoms. The zero-order valence-corrected chi connectivity index (χ0v) is 17.2. The minimum atomic E-state index is -0.675. The van der Waals surface area contributed by atoms with Gasteiger partial charge >= 0.3 is 0 Å². The average molecular weight is 387 g/mol. The Morgan fingerprint density at radius 1 is 0.828 bits per heavy atom. The van der Waals surface area contributed by atoms with Crippen LogP contribution in [0, 0.1) is 20.8 Å². The van der Waals surface area contributed by atoms with Crippen LogP contribution in [0.3, 0.4) is 0 Å². The first-order chi connectivity index (χ1) is 13.8. The molecular weight excluding hydrogens is 362 g/mol. The summed E-state index contributed by atoms with van der Waals surface area (Å²) in [6.45, 7) is 7.69. The molecule has 0 bridgehead atoms. The Labute approximate surface area is 171 Å². The molecule has 4 heteroatoms. The van der Waals surface area contributed by atoms with E-state index in [0.717, 1.165) is 22.4 Å². The molecule has 3 aromatic rings. The number of rotatable bonds is 6. The van der Waals surface area contributed by atoms with Crippen molar-refractivity contribution in [2.75, 3.05) is 5.32 Å². The Kier molecular flexibility index (Phi) is 6.13. The largest absolute Gasteiger partial charge is 0.481 e. The van der Waals surface area contributed by atoms with E-state index >= 15 is 0 Å². The zero-order chi connectivity index (χ0) is 21.0. The molecule has 3 aromatic carbocycles. The first kappa shape index (κ1) is 20.3. The lowest BCUT2D eigenvalue weighted by Crippen LogP contribution is -2.30. The molecule has 0 aliphatic carbocycles. The fourth-order valence-electron chi connectivity index (χ4n) is 3.30. The molecule has 0 unspecified atom stereocenters. The fraction of sp³-hybridized carbons (Fsp3) is 0.200. The van der Waals surface area contributed by atoms with Crippen molar-refractivity contribution in [2.24, 2.45) is 0 Å². The van der Waals surface area contributed by atoms with E-state index in [1.54, 1.807) is 43.3 Å². The van der Waals surface area contributed by atoms with Crippen LogP contribution in [0.5, 0.6) is 5.75 Å². The van der Waals surface area contributed by atoms with E-state index in [4.69, 9.17) is 4.74 Å². The molecule has 0 saturated heterocycles. The van der Waals surface area contributed by atoms with E-state index in [1.165, 1.54) is 0 Å². The zero-order valence-electron chi connectivity index (χ0n) is 17.2. The molecule has 0 heterocycles. The summed E-state index contributed by atoms with van der Waals surface area (Å²) in [5.41, 5.74) is 5.23. The quantitative estimate of drug-likeness (QED) is 0.588. The van der Waals surface area contributed by atoms with Crippen molar-refractivity contribution in [3.8, 4) is 5.75 Å². The van der Waals surface area contributed by atoms with Gasteiger partial charge in [0.2, 0.25) is 0 Å². The molecule has 0 fully saturated rings. The van der Waals surface area contributed by atoms with Crippen LogP contribution in [0.25, 0.3) is 0 Å². The third-order valence-electron chi connectivity index (χ3n) is 4.76. The van der Waals surface area contributed by atoms with Crippen LogP contribution in [-0.2, 0) is 4.79 Å². The molecule has 0 spiro atoms. The second-order valence-electron chi connectivity index (χ2n) is 7.24. The number of hydrogen-bond donors (Lipinski definition) is 1.